The molecule has 1 N–H and O–H groups in total. The maximum atomic E-state index is 13.4. The molecule has 0 aliphatic carbocycles. The van der Waals surface area contributed by atoms with Crippen molar-refractivity contribution in [2.24, 2.45) is 7.05 Å². The van der Waals surface area contributed by atoms with Crippen molar-refractivity contribution in [3.8, 4) is 5.88 Å². The minimum absolute atomic E-state index is 0.00860. The molecule has 0 spiro atoms. The Morgan fingerprint density at radius 3 is 2.88 bits per heavy atom. The maximum absolute atomic E-state index is 13.4. The van der Waals surface area contributed by atoms with E-state index in [-0.39, 0.29) is 11.9 Å². The molecule has 0 saturated heterocycles. The number of benzene rings is 2. The molecule has 3 heterocycles. The van der Waals surface area contributed by atoms with Crippen molar-refractivity contribution in [2.45, 2.75) is 19.0 Å². The van der Waals surface area contributed by atoms with Crippen LogP contribution in [-0.2, 0) is 24.8 Å². The third-order valence-corrected chi connectivity index (χ3v) is 6.30. The summed E-state index contributed by atoms with van der Waals surface area (Å²) in [6.45, 7) is 1.23. The topological polar surface area (TPSA) is 98.2 Å². The number of amides is 1. The summed E-state index contributed by atoms with van der Waals surface area (Å²) in [6.07, 6.45) is 0.505. The van der Waals surface area contributed by atoms with E-state index < -0.39 is 0 Å². The van der Waals surface area contributed by atoms with E-state index >= 15 is 0 Å². The zero-order valence-electron chi connectivity index (χ0n) is 18.3. The normalized spacial score (nSPS) is 15.4. The van der Waals surface area contributed by atoms with E-state index in [2.05, 4.69) is 20.5 Å². The van der Waals surface area contributed by atoms with E-state index in [4.69, 9.17) is 21.1 Å². The Labute approximate surface area is 195 Å². The van der Waals surface area contributed by atoms with Gasteiger partial charge in [-0.2, -0.15) is 0 Å². The number of nitrogens with one attached hydrogen (secondary N) is 1. The molecule has 0 saturated carbocycles. The predicted octanol–water partition coefficient (Wildman–Crippen LogP) is 3.31. The van der Waals surface area contributed by atoms with Crippen LogP contribution in [0.2, 0.25) is 5.02 Å². The van der Waals surface area contributed by atoms with Crippen LogP contribution < -0.4 is 4.74 Å². The Morgan fingerprint density at radius 1 is 1.18 bits per heavy atom. The van der Waals surface area contributed by atoms with E-state index in [1.54, 1.807) is 11.8 Å². The number of aryl methyl sites for hydroxylation is 1. The van der Waals surface area contributed by atoms with Crippen molar-refractivity contribution in [3.63, 3.8) is 0 Å². The number of carbonyl (C=O) groups is 1. The van der Waals surface area contributed by atoms with Gasteiger partial charge in [0, 0.05) is 32.7 Å². The van der Waals surface area contributed by atoms with Crippen molar-refractivity contribution in [1.29, 1.82) is 0 Å². The molecule has 1 unspecified atom stereocenters. The summed E-state index contributed by atoms with van der Waals surface area (Å²) in [4.78, 5) is 15.2. The lowest BCUT2D eigenvalue weighted by molar-refractivity contribution is 0.0708. The molecule has 1 aliphatic rings. The molecule has 33 heavy (non-hydrogen) atoms. The van der Waals surface area contributed by atoms with Crippen LogP contribution in [0.1, 0.15) is 33.2 Å². The number of ether oxygens (including phenoxy) is 2. The van der Waals surface area contributed by atoms with Gasteiger partial charge in [-0.25, -0.2) is 0 Å². The number of aromatic amines is 1. The molecule has 5 rings (SSSR count). The number of aromatic nitrogens is 5. The molecule has 0 radical (unpaired) electrons. The van der Waals surface area contributed by atoms with E-state index in [1.807, 2.05) is 54.4 Å². The summed E-state index contributed by atoms with van der Waals surface area (Å²) in [5, 5.41) is 15.7. The lowest BCUT2D eigenvalue weighted by Crippen LogP contribution is -2.29. The Bertz CT molecular complexity index is 1320. The highest BCUT2D eigenvalue weighted by Gasteiger charge is 2.37. The molecule has 0 bridgehead atoms. The van der Waals surface area contributed by atoms with E-state index in [9.17, 15) is 4.79 Å². The zero-order chi connectivity index (χ0) is 22.9. The van der Waals surface area contributed by atoms with Crippen LogP contribution in [0.15, 0.2) is 42.5 Å². The smallest absolute Gasteiger partial charge is 0.255 e. The molecular formula is C23H23ClN6O3. The van der Waals surface area contributed by atoms with Gasteiger partial charge in [-0.1, -0.05) is 41.1 Å². The first-order chi connectivity index (χ1) is 16.1. The molecule has 2 aromatic carbocycles. The highest BCUT2D eigenvalue weighted by Crippen LogP contribution is 2.39. The van der Waals surface area contributed by atoms with Crippen LogP contribution in [0.25, 0.3) is 11.0 Å². The largest absolute Gasteiger partial charge is 0.473 e. The first-order valence-corrected chi connectivity index (χ1v) is 11.0. The number of H-pyrrole nitrogens is 1. The second kappa shape index (κ2) is 8.84. The monoisotopic (exact) mass is 466 g/mol. The fourth-order valence-electron chi connectivity index (χ4n) is 4.26. The molecule has 2 aromatic heterocycles. The number of rotatable bonds is 8. The number of methoxy groups -OCH3 is 1. The minimum atomic E-state index is -0.193. The van der Waals surface area contributed by atoms with Gasteiger partial charge >= 0.3 is 0 Å². The van der Waals surface area contributed by atoms with Gasteiger partial charge in [0.2, 0.25) is 0 Å². The number of carbonyl (C=O) groups excluding carboxylic acids is 1. The summed E-state index contributed by atoms with van der Waals surface area (Å²) in [7, 11) is 3.44. The predicted molar refractivity (Wildman–Crippen MR) is 122 cm³/mol. The second-order valence-electron chi connectivity index (χ2n) is 7.93. The number of fused-ring (bicyclic) bond motifs is 2. The average Bonchev–Trinajstić information content (AvgIpc) is 3.47. The minimum Gasteiger partial charge on any atom is -0.473 e. The quantitative estimate of drug-likeness (QED) is 0.400. The highest BCUT2D eigenvalue weighted by molar-refractivity contribution is 6.32. The first-order valence-electron chi connectivity index (χ1n) is 10.6. The fourth-order valence-corrected chi connectivity index (χ4v) is 4.55. The summed E-state index contributed by atoms with van der Waals surface area (Å²) in [5.41, 5.74) is 5.08. The summed E-state index contributed by atoms with van der Waals surface area (Å²) >= 11 is 6.64. The molecule has 1 aliphatic heterocycles. The Morgan fingerprint density at radius 2 is 2.03 bits per heavy atom. The number of hydrogen-bond acceptors (Lipinski definition) is 6. The van der Waals surface area contributed by atoms with Crippen molar-refractivity contribution in [2.75, 3.05) is 20.3 Å². The SMILES string of the molecule is COCCOc1nn(C)c(CC2c3ccccc3C(=O)N2Cc2ccc3[nH]nnc3c2)c1Cl. The van der Waals surface area contributed by atoms with E-state index in [1.165, 1.54) is 0 Å². The summed E-state index contributed by atoms with van der Waals surface area (Å²) < 4.78 is 12.4. The first kappa shape index (κ1) is 21.4. The standard InChI is InChI=1S/C23H23ClN6O3/c1-29-20(21(24)22(27-29)33-10-9-32-2)12-19-15-5-3-4-6-16(15)23(31)30(19)13-14-7-8-17-18(11-14)26-28-25-17/h3-8,11,19H,9-10,12-13H2,1-2H3,(H,25,26,28). The Balaban J connectivity index is 1.46. The Hall–Kier alpha value is -3.43. The second-order valence-corrected chi connectivity index (χ2v) is 8.31. The summed E-state index contributed by atoms with van der Waals surface area (Å²) in [5.74, 6) is 0.359. The fraction of sp³-hybridized carbons (Fsp3) is 0.304. The molecule has 1 atom stereocenters. The van der Waals surface area contributed by atoms with Crippen LogP contribution in [-0.4, -0.2) is 56.3 Å². The third kappa shape index (κ3) is 3.94. The highest BCUT2D eigenvalue weighted by atomic mass is 35.5. The molecule has 0 fully saturated rings. The number of hydrogen-bond donors (Lipinski definition) is 1. The van der Waals surface area contributed by atoms with Crippen molar-refractivity contribution in [3.05, 3.63) is 69.9 Å². The molecule has 1 amide bonds. The van der Waals surface area contributed by atoms with Crippen molar-refractivity contribution in [1.82, 2.24) is 30.1 Å². The number of halogens is 1. The van der Waals surface area contributed by atoms with E-state index in [0.717, 1.165) is 27.9 Å². The van der Waals surface area contributed by atoms with Crippen molar-refractivity contribution < 1.29 is 14.3 Å². The maximum Gasteiger partial charge on any atom is 0.255 e. The molecular weight excluding hydrogens is 444 g/mol. The van der Waals surface area contributed by atoms with Crippen LogP contribution in [0.5, 0.6) is 5.88 Å². The van der Waals surface area contributed by atoms with Gasteiger partial charge in [0.1, 0.15) is 17.1 Å². The van der Waals surface area contributed by atoms with Gasteiger partial charge in [0.15, 0.2) is 0 Å². The third-order valence-electron chi connectivity index (χ3n) is 5.92. The van der Waals surface area contributed by atoms with Crippen LogP contribution in [0, 0.1) is 0 Å². The lowest BCUT2D eigenvalue weighted by Gasteiger charge is -2.26. The van der Waals surface area contributed by atoms with E-state index in [0.29, 0.717) is 42.6 Å². The average molecular weight is 467 g/mol. The molecule has 9 nitrogen and oxygen atoms in total. The van der Waals surface area contributed by atoms with Gasteiger partial charge < -0.3 is 14.4 Å². The number of nitrogens with zero attached hydrogens (tertiary/aromatic N) is 5. The van der Waals surface area contributed by atoms with Gasteiger partial charge in [0.25, 0.3) is 11.8 Å². The Kier molecular flexibility index (Phi) is 5.74. The lowest BCUT2D eigenvalue weighted by atomic mass is 10.0. The van der Waals surface area contributed by atoms with Crippen molar-refractivity contribution >= 4 is 28.5 Å². The molecule has 170 valence electrons. The molecule has 10 heteroatoms. The zero-order valence-corrected chi connectivity index (χ0v) is 19.0. The van der Waals surface area contributed by atoms with Gasteiger partial charge in [-0.15, -0.1) is 10.2 Å². The van der Waals surface area contributed by atoms with Crippen LogP contribution in [0.4, 0.5) is 0 Å². The van der Waals surface area contributed by atoms with Crippen LogP contribution >= 0.6 is 11.6 Å². The van der Waals surface area contributed by atoms with Gasteiger partial charge in [0.05, 0.1) is 23.9 Å². The van der Waals surface area contributed by atoms with Gasteiger partial charge in [-0.05, 0) is 29.3 Å². The summed E-state index contributed by atoms with van der Waals surface area (Å²) in [6, 6.07) is 13.4. The molecule has 4 aromatic rings. The van der Waals surface area contributed by atoms with Crippen LogP contribution in [0.3, 0.4) is 0 Å². The van der Waals surface area contributed by atoms with Gasteiger partial charge in [-0.3, -0.25) is 14.6 Å².